The minimum absolute atomic E-state index is 0. The Hall–Kier alpha value is -3.12. The van der Waals surface area contributed by atoms with Crippen molar-refractivity contribution >= 4 is 32.4 Å². The van der Waals surface area contributed by atoms with Crippen LogP contribution in [0.15, 0.2) is 36.5 Å². The number of rotatable bonds is 2. The van der Waals surface area contributed by atoms with Crippen LogP contribution >= 0.6 is 0 Å². The van der Waals surface area contributed by atoms with E-state index in [0.29, 0.717) is 16.9 Å². The van der Waals surface area contributed by atoms with Gasteiger partial charge >= 0.3 is 0 Å². The zero-order valence-corrected chi connectivity index (χ0v) is 16.3. The second-order valence-corrected chi connectivity index (χ2v) is 6.55. The minimum Gasteiger partial charge on any atom is -1.00 e. The second kappa shape index (κ2) is 6.49. The fraction of sp³-hybridized carbons (Fsp3) is 0.190. The highest BCUT2D eigenvalue weighted by molar-refractivity contribution is 6.15. The number of hydrogen-bond acceptors (Lipinski definition) is 5. The van der Waals surface area contributed by atoms with E-state index in [1.165, 1.54) is 7.11 Å². The minimum atomic E-state index is 0. The molecule has 7 heteroatoms. The van der Waals surface area contributed by atoms with E-state index in [1.807, 2.05) is 48.1 Å². The molecule has 0 unspecified atom stereocenters. The van der Waals surface area contributed by atoms with Gasteiger partial charge in [-0.15, -0.1) is 0 Å². The molecule has 0 saturated carbocycles. The molecule has 0 spiro atoms. The maximum atomic E-state index is 10.7. The second-order valence-electron chi connectivity index (χ2n) is 6.55. The van der Waals surface area contributed by atoms with Crippen molar-refractivity contribution in [3.05, 3.63) is 36.5 Å². The molecule has 1 aromatic heterocycles. The first-order valence-electron chi connectivity index (χ1n) is 8.54. The fourth-order valence-electron chi connectivity index (χ4n) is 3.90. The number of aromatic nitrogens is 1. The molecule has 0 amide bonds. The topological polar surface area (TPSA) is 61.0 Å². The number of halogens is 1. The predicted molar refractivity (Wildman–Crippen MR) is 101 cm³/mol. The molecule has 1 aliphatic rings. The molecule has 5 rings (SSSR count). The molecule has 1 aliphatic heterocycles. The van der Waals surface area contributed by atoms with Crippen molar-refractivity contribution < 1.29 is 41.0 Å². The van der Waals surface area contributed by atoms with Crippen LogP contribution in [-0.4, -0.2) is 26.1 Å². The zero-order valence-electron chi connectivity index (χ0n) is 15.6. The van der Waals surface area contributed by atoms with Gasteiger partial charge in [0, 0.05) is 5.39 Å². The third kappa shape index (κ3) is 2.38. The van der Waals surface area contributed by atoms with Crippen LogP contribution in [0.1, 0.15) is 0 Å². The first kappa shape index (κ1) is 18.3. The molecule has 0 radical (unpaired) electrons. The molecule has 3 aromatic carbocycles. The summed E-state index contributed by atoms with van der Waals surface area (Å²) in [6.07, 6.45) is 1.90. The van der Waals surface area contributed by atoms with E-state index in [-0.39, 0.29) is 24.9 Å². The van der Waals surface area contributed by atoms with E-state index in [4.69, 9.17) is 18.9 Å². The fourth-order valence-corrected chi connectivity index (χ4v) is 3.90. The maximum absolute atomic E-state index is 10.7. The number of phenols is 1. The van der Waals surface area contributed by atoms with Gasteiger partial charge in [0.15, 0.2) is 29.2 Å². The molecule has 144 valence electrons. The number of fused-ring (bicyclic) bond motifs is 6. The van der Waals surface area contributed by atoms with Crippen LogP contribution < -0.4 is 35.9 Å². The van der Waals surface area contributed by atoms with Crippen LogP contribution in [-0.2, 0) is 7.05 Å². The van der Waals surface area contributed by atoms with Crippen molar-refractivity contribution in [2.45, 2.75) is 0 Å². The van der Waals surface area contributed by atoms with E-state index in [9.17, 15) is 5.11 Å². The average Bonchev–Trinajstić information content (AvgIpc) is 3.13. The van der Waals surface area contributed by atoms with Gasteiger partial charge in [-0.05, 0) is 29.7 Å². The number of nitrogens with zero attached hydrogens (tertiary/aromatic N) is 1. The Morgan fingerprint density at radius 1 is 0.929 bits per heavy atom. The monoisotopic (exact) mass is 399 g/mol. The molecule has 28 heavy (non-hydrogen) atoms. The lowest BCUT2D eigenvalue weighted by Crippen LogP contribution is -3.00. The summed E-state index contributed by atoms with van der Waals surface area (Å²) in [6.45, 7) is 0.240. The Balaban J connectivity index is 0.00000192. The lowest BCUT2D eigenvalue weighted by molar-refractivity contribution is -0.642. The van der Waals surface area contributed by atoms with Crippen LogP contribution in [0.5, 0.6) is 28.7 Å². The van der Waals surface area contributed by atoms with Crippen molar-refractivity contribution in [2.75, 3.05) is 21.0 Å². The van der Waals surface area contributed by atoms with E-state index in [1.54, 1.807) is 7.11 Å². The highest BCUT2D eigenvalue weighted by Crippen LogP contribution is 2.45. The summed E-state index contributed by atoms with van der Waals surface area (Å²) < 4.78 is 23.8. The summed E-state index contributed by atoms with van der Waals surface area (Å²) in [5.74, 6) is 2.38. The third-order valence-electron chi connectivity index (χ3n) is 5.13. The lowest BCUT2D eigenvalue weighted by Gasteiger charge is -2.13. The normalized spacial score (nSPS) is 12.4. The summed E-state index contributed by atoms with van der Waals surface area (Å²) in [6, 6.07) is 10.00. The first-order chi connectivity index (χ1) is 13.1. The average molecular weight is 400 g/mol. The van der Waals surface area contributed by atoms with Gasteiger partial charge in [0.05, 0.1) is 30.4 Å². The molecule has 0 atom stereocenters. The van der Waals surface area contributed by atoms with Gasteiger partial charge in [-0.25, -0.2) is 0 Å². The number of aryl methyl sites for hydroxylation is 1. The van der Waals surface area contributed by atoms with Crippen LogP contribution in [0.25, 0.3) is 32.4 Å². The van der Waals surface area contributed by atoms with E-state index in [0.717, 1.165) is 38.6 Å². The molecule has 4 aromatic rings. The summed E-state index contributed by atoms with van der Waals surface area (Å²) in [5.41, 5.74) is 1.03. The maximum Gasteiger partial charge on any atom is 0.231 e. The highest BCUT2D eigenvalue weighted by atomic mass is 35.5. The van der Waals surface area contributed by atoms with Gasteiger partial charge in [0.1, 0.15) is 7.05 Å². The lowest BCUT2D eigenvalue weighted by atomic mass is 9.99. The smallest absolute Gasteiger partial charge is 0.231 e. The van der Waals surface area contributed by atoms with Gasteiger partial charge in [0.25, 0.3) is 0 Å². The highest BCUT2D eigenvalue weighted by Gasteiger charge is 2.23. The third-order valence-corrected chi connectivity index (χ3v) is 5.13. The van der Waals surface area contributed by atoms with E-state index < -0.39 is 0 Å². The summed E-state index contributed by atoms with van der Waals surface area (Å²) >= 11 is 0. The standard InChI is InChI=1S/C21H17NO5.ClH/c1-22-9-15-14(8-18(24-2)21(25-3)20(15)23)12-5-4-11-6-16-17(27-10-26-16)7-13(11)19(12)22;/h4-9H,10H2,1-3H3;1H. The number of hydrogen-bond donors (Lipinski definition) is 1. The van der Waals surface area contributed by atoms with Crippen molar-refractivity contribution in [1.82, 2.24) is 0 Å². The number of aromatic hydroxyl groups is 1. The largest absolute Gasteiger partial charge is 1.00 e. The summed E-state index contributed by atoms with van der Waals surface area (Å²) in [4.78, 5) is 0. The molecule has 1 N–H and O–H groups in total. The molecule has 0 aliphatic carbocycles. The Bertz CT molecular complexity index is 1250. The Morgan fingerprint density at radius 3 is 2.39 bits per heavy atom. The van der Waals surface area contributed by atoms with Gasteiger partial charge in [-0.1, -0.05) is 6.07 Å². The summed E-state index contributed by atoms with van der Waals surface area (Å²) in [5, 5.41) is 15.4. The number of ether oxygens (including phenoxy) is 4. The Labute approximate surface area is 167 Å². The SMILES string of the molecule is COc1cc2c(c[n+](C)c3c4cc5c(cc4ccc23)OCO5)c(O)c1OC.[Cl-]. The van der Waals surface area contributed by atoms with E-state index >= 15 is 0 Å². The first-order valence-corrected chi connectivity index (χ1v) is 8.54. The summed E-state index contributed by atoms with van der Waals surface area (Å²) in [7, 11) is 5.03. The predicted octanol–water partition coefficient (Wildman–Crippen LogP) is 0.426. The van der Waals surface area contributed by atoms with E-state index in [2.05, 4.69) is 0 Å². The number of phenolic OH excluding ortho intramolecular Hbond substituents is 1. The Morgan fingerprint density at radius 2 is 1.68 bits per heavy atom. The molecule has 6 nitrogen and oxygen atoms in total. The number of benzene rings is 3. The van der Waals surface area contributed by atoms with Gasteiger partial charge in [0.2, 0.25) is 18.1 Å². The molecular formula is C21H18ClNO5. The zero-order chi connectivity index (χ0) is 18.7. The van der Waals surface area contributed by atoms with Crippen LogP contribution in [0.4, 0.5) is 0 Å². The van der Waals surface area contributed by atoms with Gasteiger partial charge in [-0.3, -0.25) is 0 Å². The van der Waals surface area contributed by atoms with Crippen molar-refractivity contribution in [3.63, 3.8) is 0 Å². The van der Waals surface area contributed by atoms with Crippen LogP contribution in [0, 0.1) is 0 Å². The van der Waals surface area contributed by atoms with Crippen molar-refractivity contribution in [1.29, 1.82) is 0 Å². The quantitative estimate of drug-likeness (QED) is 0.391. The number of methoxy groups -OCH3 is 2. The van der Waals surface area contributed by atoms with Crippen molar-refractivity contribution in [2.24, 2.45) is 7.05 Å². The van der Waals surface area contributed by atoms with Crippen LogP contribution in [0.3, 0.4) is 0 Å². The Kier molecular flexibility index (Phi) is 4.23. The van der Waals surface area contributed by atoms with Gasteiger partial charge in [-0.2, -0.15) is 4.57 Å². The molecule has 0 fully saturated rings. The van der Waals surface area contributed by atoms with Gasteiger partial charge < -0.3 is 36.5 Å². The molecule has 0 bridgehead atoms. The molecular weight excluding hydrogens is 382 g/mol. The van der Waals surface area contributed by atoms with Crippen molar-refractivity contribution in [3.8, 4) is 28.7 Å². The van der Waals surface area contributed by atoms with Crippen LogP contribution in [0.2, 0.25) is 0 Å². The number of pyridine rings is 1. The molecule has 2 heterocycles. The molecule has 0 saturated heterocycles.